The highest BCUT2D eigenvalue weighted by Crippen LogP contribution is 2.66. The predicted molar refractivity (Wildman–Crippen MR) is 94.3 cm³/mol. The van der Waals surface area contributed by atoms with E-state index < -0.39 is 17.1 Å². The number of carbonyl (C=O) groups is 1. The number of rotatable bonds is 3. The van der Waals surface area contributed by atoms with Gasteiger partial charge in [0.2, 0.25) is 0 Å². The van der Waals surface area contributed by atoms with Crippen LogP contribution in [0.2, 0.25) is 0 Å². The molecule has 0 aromatic heterocycles. The van der Waals surface area contributed by atoms with Gasteiger partial charge in [-0.05, 0) is 62.6 Å². The first kappa shape index (κ1) is 15.5. The maximum atomic E-state index is 12.7. The van der Waals surface area contributed by atoms with Crippen LogP contribution in [0.25, 0.3) is 0 Å². The van der Waals surface area contributed by atoms with Gasteiger partial charge < -0.3 is 20.3 Å². The van der Waals surface area contributed by atoms with Gasteiger partial charge in [-0.15, -0.1) is 0 Å². The summed E-state index contributed by atoms with van der Waals surface area (Å²) in [4.78, 5) is 12.7. The van der Waals surface area contributed by atoms with Crippen LogP contribution in [-0.2, 0) is 16.6 Å². The third-order valence-electron chi connectivity index (χ3n) is 7.92. The lowest BCUT2D eigenvalue weighted by Crippen LogP contribution is -2.73. The number of ether oxygens (including phenoxy) is 1. The highest BCUT2D eigenvalue weighted by Gasteiger charge is 2.73. The molecule has 6 rings (SSSR count). The van der Waals surface area contributed by atoms with E-state index in [2.05, 4.69) is 5.32 Å². The summed E-state index contributed by atoms with van der Waals surface area (Å²) in [6, 6.07) is 3.93. The number of carbonyl (C=O) groups excluding carboxylic acids is 1. The number of ketones is 1. The first-order valence-electron chi connectivity index (χ1n) is 10.0. The zero-order valence-corrected chi connectivity index (χ0v) is 14.8. The molecule has 0 amide bonds. The summed E-state index contributed by atoms with van der Waals surface area (Å²) >= 11 is 0. The number of benzene rings is 1. The van der Waals surface area contributed by atoms with Crippen molar-refractivity contribution >= 4 is 5.78 Å². The van der Waals surface area contributed by atoms with Gasteiger partial charge in [0.25, 0.3) is 0 Å². The maximum absolute atomic E-state index is 12.7. The summed E-state index contributed by atoms with van der Waals surface area (Å²) in [6.45, 7) is 1.04. The molecular formula is C21H25NO4. The predicted octanol–water partition coefficient (Wildman–Crippen LogP) is 1.82. The number of hydrogen-bond acceptors (Lipinski definition) is 5. The van der Waals surface area contributed by atoms with Crippen molar-refractivity contribution in [3.05, 3.63) is 23.3 Å². The number of aromatic hydroxyl groups is 1. The van der Waals surface area contributed by atoms with Gasteiger partial charge in [-0.3, -0.25) is 4.79 Å². The first-order valence-corrected chi connectivity index (χ1v) is 10.0. The molecule has 3 fully saturated rings. The average Bonchev–Trinajstić information content (AvgIpc) is 3.37. The number of Topliss-reactive ketones (excluding diaryl/α,β-unsaturated/α-hetero) is 1. The molecule has 26 heavy (non-hydrogen) atoms. The quantitative estimate of drug-likeness (QED) is 0.771. The molecule has 0 unspecified atom stereocenters. The van der Waals surface area contributed by atoms with Gasteiger partial charge in [-0.1, -0.05) is 6.07 Å². The molecule has 1 aliphatic heterocycles. The van der Waals surface area contributed by atoms with Crippen LogP contribution in [0.5, 0.6) is 11.5 Å². The molecule has 5 atom stereocenters. The summed E-state index contributed by atoms with van der Waals surface area (Å²) in [6.07, 6.45) is 5.32. The monoisotopic (exact) mass is 355 g/mol. The first-order chi connectivity index (χ1) is 12.5. The van der Waals surface area contributed by atoms with E-state index >= 15 is 0 Å². The molecule has 5 heteroatoms. The topological polar surface area (TPSA) is 78.8 Å². The second kappa shape index (κ2) is 4.82. The normalized spacial score (nSPS) is 42.3. The zero-order chi connectivity index (χ0) is 17.7. The van der Waals surface area contributed by atoms with Crippen LogP contribution in [-0.4, -0.2) is 40.3 Å². The molecule has 4 aliphatic carbocycles. The summed E-state index contributed by atoms with van der Waals surface area (Å²) in [5.41, 5.74) is 0.460. The van der Waals surface area contributed by atoms with Gasteiger partial charge in [0.05, 0.1) is 11.0 Å². The van der Waals surface area contributed by atoms with Crippen molar-refractivity contribution in [2.24, 2.45) is 11.8 Å². The number of nitrogens with one attached hydrogen (secondary N) is 1. The molecule has 1 spiro atoms. The SMILES string of the molecule is O=C1CC[C@@]2(O)[C@H]3Cc4ccc(O)c5c4[C@@]2(CC[C@H]3NCC2CC2)[C@H]1O5. The number of aliphatic hydroxyl groups is 1. The van der Waals surface area contributed by atoms with Crippen molar-refractivity contribution in [2.75, 3.05) is 6.54 Å². The molecule has 5 aliphatic rings. The van der Waals surface area contributed by atoms with E-state index in [9.17, 15) is 15.0 Å². The van der Waals surface area contributed by atoms with Gasteiger partial charge in [-0.25, -0.2) is 0 Å². The fourth-order valence-corrected chi connectivity index (χ4v) is 6.53. The maximum Gasteiger partial charge on any atom is 0.174 e. The second-order valence-electron chi connectivity index (χ2n) is 9.12. The molecule has 138 valence electrons. The van der Waals surface area contributed by atoms with E-state index in [0.717, 1.165) is 42.9 Å². The summed E-state index contributed by atoms with van der Waals surface area (Å²) in [5.74, 6) is 1.51. The largest absolute Gasteiger partial charge is 0.504 e. The van der Waals surface area contributed by atoms with Crippen molar-refractivity contribution in [2.45, 2.75) is 68.1 Å². The molecule has 1 aromatic carbocycles. The van der Waals surface area contributed by atoms with Gasteiger partial charge in [0.1, 0.15) is 0 Å². The van der Waals surface area contributed by atoms with Crippen LogP contribution < -0.4 is 10.1 Å². The van der Waals surface area contributed by atoms with Crippen LogP contribution in [0, 0.1) is 11.8 Å². The van der Waals surface area contributed by atoms with Crippen LogP contribution in [0.1, 0.15) is 49.7 Å². The van der Waals surface area contributed by atoms with Crippen molar-refractivity contribution < 1.29 is 19.7 Å². The van der Waals surface area contributed by atoms with Crippen molar-refractivity contribution in [3.8, 4) is 11.5 Å². The molecule has 5 nitrogen and oxygen atoms in total. The van der Waals surface area contributed by atoms with E-state index in [1.807, 2.05) is 6.07 Å². The van der Waals surface area contributed by atoms with Crippen LogP contribution >= 0.6 is 0 Å². The molecule has 1 aromatic rings. The van der Waals surface area contributed by atoms with Gasteiger partial charge in [0.15, 0.2) is 23.4 Å². The minimum Gasteiger partial charge on any atom is -0.504 e. The smallest absolute Gasteiger partial charge is 0.174 e. The lowest BCUT2D eigenvalue weighted by atomic mass is 9.44. The fourth-order valence-electron chi connectivity index (χ4n) is 6.53. The number of hydrogen-bond donors (Lipinski definition) is 3. The van der Waals surface area contributed by atoms with E-state index in [1.54, 1.807) is 6.07 Å². The van der Waals surface area contributed by atoms with Crippen LogP contribution in [0.4, 0.5) is 0 Å². The lowest BCUT2D eigenvalue weighted by Gasteiger charge is -2.61. The molecule has 2 bridgehead atoms. The second-order valence-corrected chi connectivity index (χ2v) is 9.12. The summed E-state index contributed by atoms with van der Waals surface area (Å²) < 4.78 is 6.05. The Hall–Kier alpha value is -1.59. The zero-order valence-electron chi connectivity index (χ0n) is 14.8. The van der Waals surface area contributed by atoms with E-state index in [-0.39, 0.29) is 23.5 Å². The third kappa shape index (κ3) is 1.67. The van der Waals surface area contributed by atoms with Crippen LogP contribution in [0.15, 0.2) is 12.1 Å². The molecule has 3 saturated carbocycles. The minimum absolute atomic E-state index is 0.0706. The van der Waals surface area contributed by atoms with E-state index in [4.69, 9.17) is 4.74 Å². The Morgan fingerprint density at radius 2 is 2.08 bits per heavy atom. The Morgan fingerprint density at radius 3 is 2.88 bits per heavy atom. The molecule has 1 heterocycles. The molecule has 0 saturated heterocycles. The number of phenolic OH excluding ortho intramolecular Hbond substituents is 1. The average molecular weight is 355 g/mol. The summed E-state index contributed by atoms with van der Waals surface area (Å²) in [5, 5.41) is 26.1. The lowest BCUT2D eigenvalue weighted by molar-refractivity contribution is -0.182. The molecular weight excluding hydrogens is 330 g/mol. The minimum atomic E-state index is -0.933. The van der Waals surface area contributed by atoms with E-state index in [0.29, 0.717) is 18.6 Å². The Morgan fingerprint density at radius 1 is 1.23 bits per heavy atom. The van der Waals surface area contributed by atoms with Gasteiger partial charge >= 0.3 is 0 Å². The highest BCUT2D eigenvalue weighted by atomic mass is 16.5. The Labute approximate surface area is 152 Å². The third-order valence-corrected chi connectivity index (χ3v) is 7.92. The Bertz CT molecular complexity index is 818. The molecule has 3 N–H and O–H groups in total. The standard InChI is InChI=1S/C21H25NO4/c23-15-4-3-12-9-13-14(22-10-11-1-2-11)5-7-20-17(12)18(15)26-19(20)16(24)6-8-21(13,20)25/h3-4,11,13-14,19,22-23,25H,1-2,5-10H2/t13-,14+,19-,20-,21+/m0/s1. The fraction of sp³-hybridized carbons (Fsp3) is 0.667. The van der Waals surface area contributed by atoms with Gasteiger partial charge in [0, 0.05) is 23.9 Å². The van der Waals surface area contributed by atoms with Gasteiger partial charge in [-0.2, -0.15) is 0 Å². The Balaban J connectivity index is 1.51. The van der Waals surface area contributed by atoms with Crippen LogP contribution in [0.3, 0.4) is 0 Å². The highest BCUT2D eigenvalue weighted by molar-refractivity contribution is 5.89. The summed E-state index contributed by atoms with van der Waals surface area (Å²) in [7, 11) is 0. The Kier molecular flexibility index (Phi) is 2.86. The van der Waals surface area contributed by atoms with Crippen molar-refractivity contribution in [1.82, 2.24) is 5.32 Å². The van der Waals surface area contributed by atoms with E-state index in [1.165, 1.54) is 12.8 Å². The van der Waals surface area contributed by atoms with Crippen molar-refractivity contribution in [3.63, 3.8) is 0 Å². The molecule has 0 radical (unpaired) electrons. The number of phenols is 1. The van der Waals surface area contributed by atoms with Crippen molar-refractivity contribution in [1.29, 1.82) is 0 Å².